The Bertz CT molecular complexity index is 346. The summed E-state index contributed by atoms with van der Waals surface area (Å²) in [6.45, 7) is 5.44. The van der Waals surface area contributed by atoms with Crippen LogP contribution in [-0.2, 0) is 17.9 Å². The first kappa shape index (κ1) is 12.7. The molecule has 0 aliphatic carbocycles. The smallest absolute Gasteiger partial charge is 0.238 e. The molecule has 0 fully saturated rings. The average Bonchev–Trinajstić information content (AvgIpc) is 2.71. The summed E-state index contributed by atoms with van der Waals surface area (Å²) in [4.78, 5) is 17.4. The largest absolute Gasteiger partial charge is 0.347 e. The van der Waals surface area contributed by atoms with Crippen molar-refractivity contribution in [1.82, 2.24) is 19.8 Å². The second-order valence-electron chi connectivity index (χ2n) is 3.96. The maximum absolute atomic E-state index is 11.6. The van der Waals surface area contributed by atoms with Crippen LogP contribution in [0.15, 0.2) is 12.4 Å². The molecular formula is C11H20N4O. The number of likely N-dealkylation sites (N-methyl/N-ethyl adjacent to an activating group) is 1. The summed E-state index contributed by atoms with van der Waals surface area (Å²) >= 11 is 0. The zero-order valence-corrected chi connectivity index (χ0v) is 10.4. The number of hydrogen-bond donors (Lipinski definition) is 1. The summed E-state index contributed by atoms with van der Waals surface area (Å²) in [6, 6.07) is -0.183. The van der Waals surface area contributed by atoms with Crippen molar-refractivity contribution in [3.63, 3.8) is 0 Å². The van der Waals surface area contributed by atoms with E-state index < -0.39 is 0 Å². The van der Waals surface area contributed by atoms with Gasteiger partial charge in [-0.2, -0.15) is 0 Å². The Balaban J connectivity index is 2.49. The predicted molar refractivity (Wildman–Crippen MR) is 62.9 cm³/mol. The molecule has 0 aliphatic heterocycles. The fraction of sp³-hybridized carbons (Fsp3) is 0.636. The number of aryl methyl sites for hydroxylation is 1. The molecule has 0 saturated heterocycles. The van der Waals surface area contributed by atoms with Crippen LogP contribution < -0.4 is 5.32 Å². The van der Waals surface area contributed by atoms with Gasteiger partial charge in [-0.05, 0) is 13.8 Å². The Morgan fingerprint density at radius 1 is 1.62 bits per heavy atom. The summed E-state index contributed by atoms with van der Waals surface area (Å²) in [5.74, 6) is 1.04. The van der Waals surface area contributed by atoms with Gasteiger partial charge in [0.25, 0.3) is 0 Å². The van der Waals surface area contributed by atoms with E-state index in [2.05, 4.69) is 21.8 Å². The maximum atomic E-state index is 11.6. The fourth-order valence-electron chi connectivity index (χ4n) is 1.51. The minimum atomic E-state index is -0.183. The van der Waals surface area contributed by atoms with Crippen molar-refractivity contribution in [3.8, 4) is 0 Å². The molecule has 0 aliphatic rings. The van der Waals surface area contributed by atoms with Gasteiger partial charge in [0, 0.05) is 33.0 Å². The molecule has 0 radical (unpaired) electrons. The molecule has 1 aromatic rings. The Morgan fingerprint density at radius 2 is 2.31 bits per heavy atom. The lowest BCUT2D eigenvalue weighted by atomic mass is 10.3. The van der Waals surface area contributed by atoms with Gasteiger partial charge >= 0.3 is 0 Å². The fourth-order valence-corrected chi connectivity index (χ4v) is 1.51. The summed E-state index contributed by atoms with van der Waals surface area (Å²) in [5, 5.41) is 3.17. The predicted octanol–water partition coefficient (Wildman–Crippen LogP) is 0.469. The van der Waals surface area contributed by atoms with Crippen molar-refractivity contribution in [2.24, 2.45) is 0 Å². The van der Waals surface area contributed by atoms with Crippen LogP contribution in [0.4, 0.5) is 0 Å². The molecule has 5 heteroatoms. The lowest BCUT2D eigenvalue weighted by molar-refractivity contribution is -0.130. The first-order valence-electron chi connectivity index (χ1n) is 5.50. The number of amides is 1. The third kappa shape index (κ3) is 3.06. The van der Waals surface area contributed by atoms with E-state index in [1.165, 1.54) is 0 Å². The highest BCUT2D eigenvalue weighted by Gasteiger charge is 2.14. The quantitative estimate of drug-likeness (QED) is 0.791. The van der Waals surface area contributed by atoms with Crippen LogP contribution in [0.3, 0.4) is 0 Å². The van der Waals surface area contributed by atoms with Gasteiger partial charge in [0.05, 0.1) is 12.6 Å². The molecule has 1 N–H and O–H groups in total. The van der Waals surface area contributed by atoms with Gasteiger partial charge in [-0.25, -0.2) is 4.98 Å². The van der Waals surface area contributed by atoms with Crippen LogP contribution in [0.25, 0.3) is 0 Å². The first-order valence-corrected chi connectivity index (χ1v) is 5.50. The van der Waals surface area contributed by atoms with Crippen LogP contribution in [0, 0.1) is 0 Å². The van der Waals surface area contributed by atoms with E-state index in [1.807, 2.05) is 13.1 Å². The van der Waals surface area contributed by atoms with Gasteiger partial charge in [-0.3, -0.25) is 10.1 Å². The molecule has 90 valence electrons. The normalized spacial score (nSPS) is 12.5. The van der Waals surface area contributed by atoms with Gasteiger partial charge in [0.15, 0.2) is 0 Å². The van der Waals surface area contributed by atoms with Gasteiger partial charge in [0.2, 0.25) is 5.91 Å². The third-order valence-corrected chi connectivity index (χ3v) is 2.52. The van der Waals surface area contributed by atoms with Crippen LogP contribution in [-0.4, -0.2) is 40.5 Å². The van der Waals surface area contributed by atoms with E-state index in [4.69, 9.17) is 0 Å². The average molecular weight is 224 g/mol. The molecule has 0 saturated carbocycles. The van der Waals surface area contributed by atoms with E-state index in [-0.39, 0.29) is 11.9 Å². The van der Waals surface area contributed by atoms with E-state index >= 15 is 0 Å². The lowest BCUT2D eigenvalue weighted by Gasteiger charge is -2.18. The van der Waals surface area contributed by atoms with Crippen molar-refractivity contribution in [3.05, 3.63) is 18.2 Å². The number of hydrogen-bond acceptors (Lipinski definition) is 3. The van der Waals surface area contributed by atoms with Gasteiger partial charge < -0.3 is 9.47 Å². The molecular weight excluding hydrogens is 204 g/mol. The van der Waals surface area contributed by atoms with Gasteiger partial charge in [0.1, 0.15) is 5.82 Å². The zero-order chi connectivity index (χ0) is 12.1. The van der Waals surface area contributed by atoms with Gasteiger partial charge in [-0.15, -0.1) is 0 Å². The van der Waals surface area contributed by atoms with E-state index in [9.17, 15) is 4.79 Å². The molecule has 0 spiro atoms. The summed E-state index contributed by atoms with van der Waals surface area (Å²) in [6.07, 6.45) is 3.72. The molecule has 0 aromatic carbocycles. The Labute approximate surface area is 96.5 Å². The topological polar surface area (TPSA) is 50.2 Å². The molecule has 1 rings (SSSR count). The monoisotopic (exact) mass is 224 g/mol. The maximum Gasteiger partial charge on any atom is 0.238 e. The number of carbonyl (C=O) groups excluding carboxylic acids is 1. The number of aromatic nitrogens is 2. The number of nitrogens with zero attached hydrogens (tertiary/aromatic N) is 3. The summed E-state index contributed by atoms with van der Waals surface area (Å²) in [7, 11) is 3.51. The molecule has 1 unspecified atom stereocenters. The highest BCUT2D eigenvalue weighted by molar-refractivity contribution is 5.80. The standard InChI is InChI=1S/C11H20N4O/c1-5-15-7-6-12-10(15)8-13-9(2)11(16)14(3)4/h6-7,9,13H,5,8H2,1-4H3. The Morgan fingerprint density at radius 3 is 2.88 bits per heavy atom. The molecule has 1 heterocycles. The van der Waals surface area contributed by atoms with E-state index in [0.29, 0.717) is 6.54 Å². The molecule has 1 atom stereocenters. The van der Waals surface area contributed by atoms with Crippen molar-refractivity contribution in [1.29, 1.82) is 0 Å². The Hall–Kier alpha value is -1.36. The van der Waals surface area contributed by atoms with E-state index in [0.717, 1.165) is 12.4 Å². The van der Waals surface area contributed by atoms with Crippen molar-refractivity contribution < 1.29 is 4.79 Å². The number of imidazole rings is 1. The molecule has 0 bridgehead atoms. The molecule has 1 aromatic heterocycles. The van der Waals surface area contributed by atoms with Crippen LogP contribution in [0.2, 0.25) is 0 Å². The first-order chi connectivity index (χ1) is 7.56. The van der Waals surface area contributed by atoms with Crippen molar-refractivity contribution in [2.75, 3.05) is 14.1 Å². The lowest BCUT2D eigenvalue weighted by Crippen LogP contribution is -2.41. The Kier molecular flexibility index (Phi) is 4.49. The second kappa shape index (κ2) is 5.65. The molecule has 5 nitrogen and oxygen atoms in total. The highest BCUT2D eigenvalue weighted by Crippen LogP contribution is 1.98. The van der Waals surface area contributed by atoms with Crippen LogP contribution >= 0.6 is 0 Å². The zero-order valence-electron chi connectivity index (χ0n) is 10.4. The van der Waals surface area contributed by atoms with Crippen LogP contribution in [0.1, 0.15) is 19.7 Å². The number of nitrogens with one attached hydrogen (secondary N) is 1. The molecule has 1 amide bonds. The third-order valence-electron chi connectivity index (χ3n) is 2.52. The number of rotatable bonds is 5. The highest BCUT2D eigenvalue weighted by atomic mass is 16.2. The van der Waals surface area contributed by atoms with Crippen LogP contribution in [0.5, 0.6) is 0 Å². The van der Waals surface area contributed by atoms with Crippen molar-refractivity contribution >= 4 is 5.91 Å². The number of carbonyl (C=O) groups is 1. The van der Waals surface area contributed by atoms with Gasteiger partial charge in [-0.1, -0.05) is 0 Å². The van der Waals surface area contributed by atoms with E-state index in [1.54, 1.807) is 25.2 Å². The molecule has 16 heavy (non-hydrogen) atoms. The SMILES string of the molecule is CCn1ccnc1CNC(C)C(=O)N(C)C. The minimum Gasteiger partial charge on any atom is -0.347 e. The summed E-state index contributed by atoms with van der Waals surface area (Å²) in [5.41, 5.74) is 0. The van der Waals surface area contributed by atoms with Crippen molar-refractivity contribution in [2.45, 2.75) is 33.0 Å². The second-order valence-corrected chi connectivity index (χ2v) is 3.96. The minimum absolute atomic E-state index is 0.0783. The summed E-state index contributed by atoms with van der Waals surface area (Å²) < 4.78 is 2.06.